The molecule has 2 aromatic rings. The van der Waals surface area contributed by atoms with E-state index in [-0.39, 0.29) is 0 Å². The molecule has 0 saturated heterocycles. The minimum absolute atomic E-state index is 0.507. The van der Waals surface area contributed by atoms with Crippen LogP contribution in [0, 0.1) is 0 Å². The number of nitrogens with one attached hydrogen (secondary N) is 1. The molecule has 2 rings (SSSR count). The van der Waals surface area contributed by atoms with Gasteiger partial charge in [-0.1, -0.05) is 30.3 Å². The molecule has 1 aromatic heterocycles. The van der Waals surface area contributed by atoms with E-state index in [2.05, 4.69) is 26.3 Å². The highest BCUT2D eigenvalue weighted by Gasteiger charge is 2.03. The summed E-state index contributed by atoms with van der Waals surface area (Å²) < 4.78 is 6.48. The Bertz CT molecular complexity index is 490. The lowest BCUT2D eigenvalue weighted by Crippen LogP contribution is -2.08. The average molecular weight is 294 g/mol. The van der Waals surface area contributed by atoms with E-state index in [1.165, 1.54) is 0 Å². The predicted molar refractivity (Wildman–Crippen MR) is 70.5 cm³/mol. The van der Waals surface area contributed by atoms with E-state index >= 15 is 0 Å². The van der Waals surface area contributed by atoms with Crippen LogP contribution in [0.25, 0.3) is 0 Å². The largest absolute Gasteiger partial charge is 0.488 e. The molecule has 0 bridgehead atoms. The number of nitrogen functional groups attached to an aromatic ring is 1. The van der Waals surface area contributed by atoms with Crippen molar-refractivity contribution in [2.24, 2.45) is 5.84 Å². The Balaban J connectivity index is 2.08. The maximum absolute atomic E-state index is 5.68. The molecule has 1 heterocycles. The van der Waals surface area contributed by atoms with Gasteiger partial charge in [-0.05, 0) is 21.5 Å². The number of pyridine rings is 1. The lowest BCUT2D eigenvalue weighted by atomic mass is 10.2. The second-order valence-electron chi connectivity index (χ2n) is 3.42. The van der Waals surface area contributed by atoms with Crippen molar-refractivity contribution in [1.29, 1.82) is 0 Å². The summed E-state index contributed by atoms with van der Waals surface area (Å²) in [6.45, 7) is 0.507. The van der Waals surface area contributed by atoms with Crippen molar-refractivity contribution in [3.8, 4) is 5.75 Å². The van der Waals surface area contributed by atoms with Gasteiger partial charge in [-0.25, -0.2) is 10.8 Å². The van der Waals surface area contributed by atoms with E-state index < -0.39 is 0 Å². The van der Waals surface area contributed by atoms with Crippen molar-refractivity contribution >= 4 is 21.7 Å². The molecule has 17 heavy (non-hydrogen) atoms. The highest BCUT2D eigenvalue weighted by atomic mass is 79.9. The third kappa shape index (κ3) is 3.18. The number of nitrogens with two attached hydrogens (primary N) is 1. The number of hydrazine groups is 1. The molecule has 3 N–H and O–H groups in total. The van der Waals surface area contributed by atoms with E-state index in [0.717, 1.165) is 10.0 Å². The van der Waals surface area contributed by atoms with Gasteiger partial charge in [0.05, 0.1) is 4.47 Å². The predicted octanol–water partition coefficient (Wildman–Crippen LogP) is 2.71. The molecule has 4 nitrogen and oxygen atoms in total. The lowest BCUT2D eigenvalue weighted by Gasteiger charge is -2.09. The minimum atomic E-state index is 0.507. The van der Waals surface area contributed by atoms with Crippen molar-refractivity contribution in [1.82, 2.24) is 4.98 Å². The molecule has 0 aliphatic heterocycles. The normalized spacial score (nSPS) is 10.0. The molecular weight excluding hydrogens is 282 g/mol. The summed E-state index contributed by atoms with van der Waals surface area (Å²) in [5.41, 5.74) is 3.59. The van der Waals surface area contributed by atoms with Crippen molar-refractivity contribution in [2.45, 2.75) is 6.61 Å². The summed E-state index contributed by atoms with van der Waals surface area (Å²) in [4.78, 5) is 4.05. The molecule has 1 aromatic carbocycles. The quantitative estimate of drug-likeness (QED) is 0.672. The smallest absolute Gasteiger partial charge is 0.143 e. The number of anilines is 1. The van der Waals surface area contributed by atoms with E-state index in [4.69, 9.17) is 10.6 Å². The van der Waals surface area contributed by atoms with Crippen LogP contribution in [0.1, 0.15) is 5.56 Å². The number of aromatic nitrogens is 1. The molecule has 0 saturated carbocycles. The molecule has 0 spiro atoms. The van der Waals surface area contributed by atoms with Crippen LogP contribution in [0.4, 0.5) is 5.82 Å². The highest BCUT2D eigenvalue weighted by molar-refractivity contribution is 9.10. The first kappa shape index (κ1) is 11.9. The Hall–Kier alpha value is -1.59. The summed E-state index contributed by atoms with van der Waals surface area (Å²) in [5.74, 6) is 6.56. The first-order chi connectivity index (χ1) is 8.29. The summed E-state index contributed by atoms with van der Waals surface area (Å²) >= 11 is 3.38. The Labute approximate surface area is 108 Å². The molecular formula is C12H12BrN3O. The maximum atomic E-state index is 5.68. The summed E-state index contributed by atoms with van der Waals surface area (Å²) in [6.07, 6.45) is 1.65. The van der Waals surface area contributed by atoms with Crippen LogP contribution in [0.15, 0.2) is 47.1 Å². The maximum Gasteiger partial charge on any atom is 0.143 e. The zero-order valence-electron chi connectivity index (χ0n) is 9.06. The summed E-state index contributed by atoms with van der Waals surface area (Å²) in [7, 11) is 0. The van der Waals surface area contributed by atoms with E-state index in [1.54, 1.807) is 12.3 Å². The molecule has 0 atom stereocenters. The van der Waals surface area contributed by atoms with Gasteiger partial charge >= 0.3 is 0 Å². The molecule has 0 aliphatic rings. The average Bonchev–Trinajstić information content (AvgIpc) is 2.39. The van der Waals surface area contributed by atoms with Gasteiger partial charge in [0.15, 0.2) is 0 Å². The van der Waals surface area contributed by atoms with Crippen LogP contribution in [0.2, 0.25) is 0 Å². The van der Waals surface area contributed by atoms with Gasteiger partial charge in [0.1, 0.15) is 18.2 Å². The van der Waals surface area contributed by atoms with Gasteiger partial charge in [0.2, 0.25) is 0 Å². The van der Waals surface area contributed by atoms with Crippen LogP contribution in [0.3, 0.4) is 0 Å². The minimum Gasteiger partial charge on any atom is -0.488 e. The first-order valence-electron chi connectivity index (χ1n) is 5.08. The number of rotatable bonds is 4. The van der Waals surface area contributed by atoms with Crippen LogP contribution >= 0.6 is 15.9 Å². The number of nitrogens with zero attached hydrogens (tertiary/aromatic N) is 1. The fraction of sp³-hybridized carbons (Fsp3) is 0.0833. The van der Waals surface area contributed by atoms with Crippen molar-refractivity contribution in [2.75, 3.05) is 5.43 Å². The van der Waals surface area contributed by atoms with Crippen molar-refractivity contribution in [3.63, 3.8) is 0 Å². The van der Waals surface area contributed by atoms with Gasteiger partial charge in [-0.3, -0.25) is 0 Å². The standard InChI is InChI=1S/C12H12BrN3O/c13-10-7-15-12(16-14)6-11(10)17-8-9-4-2-1-3-5-9/h1-7H,8,14H2,(H,15,16). The lowest BCUT2D eigenvalue weighted by molar-refractivity contribution is 0.304. The van der Waals surface area contributed by atoms with Crippen molar-refractivity contribution in [3.05, 3.63) is 52.6 Å². The molecule has 0 fully saturated rings. The zero-order valence-corrected chi connectivity index (χ0v) is 10.6. The van der Waals surface area contributed by atoms with E-state index in [0.29, 0.717) is 18.2 Å². The fourth-order valence-electron chi connectivity index (χ4n) is 1.35. The highest BCUT2D eigenvalue weighted by Crippen LogP contribution is 2.26. The van der Waals surface area contributed by atoms with Gasteiger partial charge in [-0.2, -0.15) is 0 Å². The van der Waals surface area contributed by atoms with E-state index in [1.807, 2.05) is 30.3 Å². The fourth-order valence-corrected chi connectivity index (χ4v) is 1.68. The van der Waals surface area contributed by atoms with E-state index in [9.17, 15) is 0 Å². The second kappa shape index (κ2) is 5.65. The Morgan fingerprint density at radius 1 is 1.29 bits per heavy atom. The third-order valence-electron chi connectivity index (χ3n) is 2.21. The Morgan fingerprint density at radius 3 is 2.76 bits per heavy atom. The Morgan fingerprint density at radius 2 is 2.06 bits per heavy atom. The third-order valence-corrected chi connectivity index (χ3v) is 2.80. The molecule has 0 radical (unpaired) electrons. The summed E-state index contributed by atoms with van der Waals surface area (Å²) in [5, 5.41) is 0. The van der Waals surface area contributed by atoms with Crippen molar-refractivity contribution < 1.29 is 4.74 Å². The number of benzene rings is 1. The number of ether oxygens (including phenoxy) is 1. The van der Waals surface area contributed by atoms with Crippen LogP contribution in [0.5, 0.6) is 5.75 Å². The second-order valence-corrected chi connectivity index (χ2v) is 4.27. The zero-order chi connectivity index (χ0) is 12.1. The molecule has 5 heteroatoms. The van der Waals surface area contributed by atoms with Gasteiger partial charge in [0.25, 0.3) is 0 Å². The monoisotopic (exact) mass is 293 g/mol. The van der Waals surface area contributed by atoms with Crippen LogP contribution < -0.4 is 16.0 Å². The SMILES string of the molecule is NNc1cc(OCc2ccccc2)c(Br)cn1. The van der Waals surface area contributed by atoms with Gasteiger partial charge in [-0.15, -0.1) is 0 Å². The summed E-state index contributed by atoms with van der Waals surface area (Å²) in [6, 6.07) is 11.7. The molecule has 0 amide bonds. The topological polar surface area (TPSA) is 60.2 Å². The Kier molecular flexibility index (Phi) is 3.95. The molecule has 0 aliphatic carbocycles. The van der Waals surface area contributed by atoms with Gasteiger partial charge in [0, 0.05) is 12.3 Å². The van der Waals surface area contributed by atoms with Gasteiger partial charge < -0.3 is 10.2 Å². The number of hydrogen-bond acceptors (Lipinski definition) is 4. The first-order valence-corrected chi connectivity index (χ1v) is 5.88. The molecule has 0 unspecified atom stereocenters. The number of hydrogen-bond donors (Lipinski definition) is 2. The molecule has 88 valence electrons. The van der Waals surface area contributed by atoms with Crippen LogP contribution in [-0.2, 0) is 6.61 Å². The van der Waals surface area contributed by atoms with Crippen LogP contribution in [-0.4, -0.2) is 4.98 Å². The number of halogens is 1.